The normalized spacial score (nSPS) is 12.2. The number of halogens is 4. The Morgan fingerprint density at radius 3 is 2.44 bits per heavy atom. The van der Waals surface area contributed by atoms with Gasteiger partial charge in [0.2, 0.25) is 5.84 Å². The molecule has 0 atom stereocenters. The van der Waals surface area contributed by atoms with Crippen molar-refractivity contribution in [2.75, 3.05) is 7.11 Å². The number of methoxy groups -OCH3 is 1. The first kappa shape index (κ1) is 25.6. The minimum atomic E-state index is -3.65. The van der Waals surface area contributed by atoms with E-state index in [-0.39, 0.29) is 13.1 Å². The lowest BCUT2D eigenvalue weighted by Crippen LogP contribution is -2.46. The summed E-state index contributed by atoms with van der Waals surface area (Å²) in [6, 6.07) is 13.2. The van der Waals surface area contributed by atoms with Crippen LogP contribution >= 0.6 is 23.2 Å². The highest BCUT2D eigenvalue weighted by molar-refractivity contribution is 6.36. The zero-order chi connectivity index (χ0) is 26.0. The number of nitrogens with zero attached hydrogens (tertiary/aromatic N) is 5. The summed E-state index contributed by atoms with van der Waals surface area (Å²) in [5, 5.41) is 9.45. The lowest BCUT2D eigenvalue weighted by atomic mass is 10.1. The molecule has 0 spiro atoms. The molecule has 4 N–H and O–H groups in total. The second kappa shape index (κ2) is 10.3. The average Bonchev–Trinajstić information content (AvgIpc) is 3.17. The van der Waals surface area contributed by atoms with Gasteiger partial charge in [0.15, 0.2) is 0 Å². The van der Waals surface area contributed by atoms with Crippen molar-refractivity contribution < 1.29 is 13.5 Å². The van der Waals surface area contributed by atoms with Gasteiger partial charge in [-0.2, -0.15) is 19.0 Å². The number of amidine groups is 1. The van der Waals surface area contributed by atoms with Crippen molar-refractivity contribution in [3.63, 3.8) is 0 Å². The molecule has 12 heteroatoms. The summed E-state index contributed by atoms with van der Waals surface area (Å²) in [6.07, 6.45) is 1.07. The number of alkyl halides is 2. The van der Waals surface area contributed by atoms with Crippen molar-refractivity contribution in [3.05, 3.63) is 87.2 Å². The van der Waals surface area contributed by atoms with E-state index in [1.54, 1.807) is 49.4 Å². The number of hydrogen-bond acceptors (Lipinski definition) is 6. The number of rotatable bonds is 7. The largest absolute Gasteiger partial charge is 0.497 e. The number of aromatic nitrogens is 3. The van der Waals surface area contributed by atoms with Gasteiger partial charge in [0.1, 0.15) is 11.3 Å². The maximum absolute atomic E-state index is 15.6. The lowest BCUT2D eigenvalue weighted by Gasteiger charge is -2.26. The topological polar surface area (TPSA) is 108 Å². The Hall–Kier alpha value is -3.47. The van der Waals surface area contributed by atoms with E-state index < -0.39 is 17.3 Å². The molecular weight excluding hydrogens is 511 g/mol. The van der Waals surface area contributed by atoms with Crippen molar-refractivity contribution in [1.82, 2.24) is 19.8 Å². The lowest BCUT2D eigenvalue weighted by molar-refractivity contribution is 0.0581. The second-order valence-corrected chi connectivity index (χ2v) is 8.85. The quantitative estimate of drug-likeness (QED) is 0.152. The van der Waals surface area contributed by atoms with Crippen molar-refractivity contribution >= 4 is 40.1 Å². The number of pyridine rings is 1. The molecule has 0 aliphatic heterocycles. The first-order valence-corrected chi connectivity index (χ1v) is 11.5. The van der Waals surface area contributed by atoms with E-state index >= 15 is 8.78 Å². The Kier molecular flexibility index (Phi) is 7.30. The van der Waals surface area contributed by atoms with Crippen LogP contribution in [0.2, 0.25) is 10.0 Å². The van der Waals surface area contributed by atoms with Crippen LogP contribution in [0.15, 0.2) is 59.8 Å². The first-order chi connectivity index (χ1) is 17.1. The van der Waals surface area contributed by atoms with Gasteiger partial charge in [0, 0.05) is 27.4 Å². The van der Waals surface area contributed by atoms with Gasteiger partial charge >= 0.3 is 5.92 Å². The second-order valence-electron chi connectivity index (χ2n) is 8.04. The van der Waals surface area contributed by atoms with Crippen molar-refractivity contribution in [2.45, 2.75) is 25.9 Å². The van der Waals surface area contributed by atoms with Crippen LogP contribution in [-0.4, -0.2) is 32.7 Å². The highest BCUT2D eigenvalue weighted by Crippen LogP contribution is 2.33. The van der Waals surface area contributed by atoms with Crippen LogP contribution in [0.25, 0.3) is 11.0 Å². The van der Waals surface area contributed by atoms with Crippen LogP contribution in [0.4, 0.5) is 8.78 Å². The Labute approximate surface area is 216 Å². The van der Waals surface area contributed by atoms with Crippen LogP contribution in [0.3, 0.4) is 0 Å². The van der Waals surface area contributed by atoms with Gasteiger partial charge in [-0.3, -0.25) is 14.7 Å². The van der Waals surface area contributed by atoms with Crippen molar-refractivity contribution in [2.24, 2.45) is 16.8 Å². The molecule has 0 aliphatic rings. The molecule has 0 aliphatic carbocycles. The minimum Gasteiger partial charge on any atom is -0.497 e. The van der Waals surface area contributed by atoms with Gasteiger partial charge in [-0.1, -0.05) is 41.4 Å². The molecule has 2 aromatic carbocycles. The van der Waals surface area contributed by atoms with Crippen LogP contribution < -0.4 is 16.4 Å². The number of hydrogen-bond donors (Lipinski definition) is 2. The molecule has 2 heterocycles. The number of fused-ring (bicyclic) bond motifs is 1. The van der Waals surface area contributed by atoms with E-state index in [1.165, 1.54) is 17.9 Å². The van der Waals surface area contributed by atoms with Gasteiger partial charge in [-0.15, -0.1) is 0 Å². The number of hydrazine groups is 1. The average molecular weight is 534 g/mol. The Morgan fingerprint density at radius 1 is 1.17 bits per heavy atom. The predicted molar refractivity (Wildman–Crippen MR) is 136 cm³/mol. The maximum atomic E-state index is 15.6. The summed E-state index contributed by atoms with van der Waals surface area (Å²) < 4.78 is 37.9. The standard InChI is InChI=1S/C24H23Cl2F2N7O/c1-14-22-21(35(33-14)13-18-19(25)4-3-5-20(18)26)10-16(11-31-22)24(27,28)23(32-29)34(30)12-15-6-8-17(36-2)9-7-15/h3-11H,12-13,29-30H2,1-2H3/b32-23-. The van der Waals surface area contributed by atoms with Gasteiger partial charge in [-0.05, 0) is 42.8 Å². The number of aryl methyl sites for hydroxylation is 1. The fraction of sp³-hybridized carbons (Fsp3) is 0.208. The van der Waals surface area contributed by atoms with Gasteiger partial charge in [-0.25, -0.2) is 5.84 Å². The molecule has 2 aromatic heterocycles. The Balaban J connectivity index is 1.67. The minimum absolute atomic E-state index is 0.0622. The van der Waals surface area contributed by atoms with Crippen LogP contribution in [0.5, 0.6) is 5.75 Å². The summed E-state index contributed by atoms with van der Waals surface area (Å²) in [4.78, 5) is 4.23. The molecule has 4 aromatic rings. The van der Waals surface area contributed by atoms with Crippen LogP contribution in [-0.2, 0) is 19.0 Å². The van der Waals surface area contributed by atoms with E-state index in [1.807, 2.05) is 0 Å². The molecule has 36 heavy (non-hydrogen) atoms. The molecular formula is C24H23Cl2F2N7O. The van der Waals surface area contributed by atoms with Crippen molar-refractivity contribution in [3.8, 4) is 5.75 Å². The zero-order valence-corrected chi connectivity index (χ0v) is 20.9. The monoisotopic (exact) mass is 533 g/mol. The van der Waals surface area contributed by atoms with E-state index in [0.29, 0.717) is 43.6 Å². The fourth-order valence-corrected chi connectivity index (χ4v) is 4.32. The molecule has 0 fully saturated rings. The summed E-state index contributed by atoms with van der Waals surface area (Å²) >= 11 is 12.6. The zero-order valence-electron chi connectivity index (χ0n) is 19.4. The van der Waals surface area contributed by atoms with Gasteiger partial charge in [0.25, 0.3) is 0 Å². The maximum Gasteiger partial charge on any atom is 0.334 e. The van der Waals surface area contributed by atoms with E-state index in [4.69, 9.17) is 39.6 Å². The van der Waals surface area contributed by atoms with Gasteiger partial charge < -0.3 is 10.6 Å². The van der Waals surface area contributed by atoms with E-state index in [0.717, 1.165) is 11.2 Å². The number of nitrogens with two attached hydrogens (primary N) is 2. The molecule has 0 amide bonds. The summed E-state index contributed by atoms with van der Waals surface area (Å²) in [6.45, 7) is 1.84. The summed E-state index contributed by atoms with van der Waals surface area (Å²) in [5.41, 5.74) is 2.22. The molecule has 0 radical (unpaired) electrons. The van der Waals surface area contributed by atoms with E-state index in [9.17, 15) is 0 Å². The third kappa shape index (κ3) is 4.92. The molecule has 0 unspecified atom stereocenters. The smallest absolute Gasteiger partial charge is 0.334 e. The van der Waals surface area contributed by atoms with Crippen molar-refractivity contribution in [1.29, 1.82) is 0 Å². The highest BCUT2D eigenvalue weighted by Gasteiger charge is 2.42. The molecule has 0 bridgehead atoms. The Morgan fingerprint density at radius 2 is 1.83 bits per heavy atom. The Bertz CT molecular complexity index is 1400. The number of hydrazone groups is 1. The molecule has 188 valence electrons. The first-order valence-electron chi connectivity index (χ1n) is 10.7. The molecule has 8 nitrogen and oxygen atoms in total. The predicted octanol–water partition coefficient (Wildman–Crippen LogP) is 4.84. The molecule has 4 rings (SSSR count). The molecule has 0 saturated heterocycles. The SMILES string of the molecule is COc1ccc(CN(N)/C(=N\N)C(F)(F)c2cnc3c(C)nn(Cc4c(Cl)cccc4Cl)c3c2)cc1. The van der Waals surface area contributed by atoms with E-state index in [2.05, 4.69) is 15.2 Å². The van der Waals surface area contributed by atoms with Crippen LogP contribution in [0.1, 0.15) is 22.4 Å². The molecule has 0 saturated carbocycles. The third-order valence-electron chi connectivity index (χ3n) is 5.68. The van der Waals surface area contributed by atoms with Gasteiger partial charge in [0.05, 0.1) is 31.4 Å². The highest BCUT2D eigenvalue weighted by atomic mass is 35.5. The summed E-state index contributed by atoms with van der Waals surface area (Å²) in [7, 11) is 1.53. The summed E-state index contributed by atoms with van der Waals surface area (Å²) in [5.74, 6) is 7.51. The third-order valence-corrected chi connectivity index (χ3v) is 6.39. The van der Waals surface area contributed by atoms with Crippen LogP contribution in [0, 0.1) is 6.92 Å². The number of benzene rings is 2. The number of ether oxygens (including phenoxy) is 1. The fourth-order valence-electron chi connectivity index (χ4n) is 3.80.